The Balaban J connectivity index is 2.70. The van der Waals surface area contributed by atoms with Gasteiger partial charge in [0.25, 0.3) is 0 Å². The Hall–Kier alpha value is -0.540. The molecule has 0 radical (unpaired) electrons. The van der Waals surface area contributed by atoms with Gasteiger partial charge in [0.05, 0.1) is 0 Å². The third-order valence-corrected chi connectivity index (χ3v) is 3.42. The molecule has 1 unspecified atom stereocenters. The Kier molecular flexibility index (Phi) is 5.12. The maximum Gasteiger partial charge on any atom is 0.128 e. The van der Waals surface area contributed by atoms with Crippen LogP contribution in [0.5, 0.6) is 0 Å². The highest BCUT2D eigenvalue weighted by atomic mass is 32.2. The molecule has 15 heavy (non-hydrogen) atoms. The van der Waals surface area contributed by atoms with Crippen LogP contribution < -0.4 is 5.32 Å². The average Bonchev–Trinajstić information content (AvgIpc) is 2.21. The summed E-state index contributed by atoms with van der Waals surface area (Å²) in [7, 11) is 1.87. The van der Waals surface area contributed by atoms with Crippen LogP contribution in [0.25, 0.3) is 0 Å². The molecule has 84 valence electrons. The normalized spacial score (nSPS) is 13.1. The molecule has 0 saturated carbocycles. The van der Waals surface area contributed by atoms with Gasteiger partial charge >= 0.3 is 0 Å². The average molecular weight is 227 g/mol. The highest BCUT2D eigenvalue weighted by Crippen LogP contribution is 2.22. The molecule has 0 aliphatic carbocycles. The van der Waals surface area contributed by atoms with Crippen molar-refractivity contribution in [2.75, 3.05) is 12.8 Å². The van der Waals surface area contributed by atoms with Gasteiger partial charge < -0.3 is 5.32 Å². The molecule has 3 heteroatoms. The highest BCUT2D eigenvalue weighted by molar-refractivity contribution is 7.99. The Bertz CT molecular complexity index is 301. The molecule has 0 aliphatic heterocycles. The first-order valence-electron chi connectivity index (χ1n) is 5.18. The second-order valence-electron chi connectivity index (χ2n) is 3.74. The minimum Gasteiger partial charge on any atom is -0.312 e. The fourth-order valence-electron chi connectivity index (χ4n) is 1.37. The van der Waals surface area contributed by atoms with E-state index in [9.17, 15) is 4.39 Å². The predicted molar refractivity (Wildman–Crippen MR) is 65.8 cm³/mol. The summed E-state index contributed by atoms with van der Waals surface area (Å²) in [5, 5.41) is 3.73. The van der Waals surface area contributed by atoms with Crippen molar-refractivity contribution in [3.63, 3.8) is 0 Å². The molecular formula is C12H18FNS. The first-order valence-corrected chi connectivity index (χ1v) is 6.23. The minimum absolute atomic E-state index is 0.0959. The highest BCUT2D eigenvalue weighted by Gasteiger charge is 2.13. The van der Waals surface area contributed by atoms with Crippen molar-refractivity contribution in [1.29, 1.82) is 0 Å². The van der Waals surface area contributed by atoms with Crippen molar-refractivity contribution < 1.29 is 4.39 Å². The quantitative estimate of drug-likeness (QED) is 0.829. The van der Waals surface area contributed by atoms with Crippen LogP contribution in [0.1, 0.15) is 25.5 Å². The SMILES string of the molecule is CNC(CSC(C)C)c1ccccc1F. The first kappa shape index (κ1) is 12.5. The summed E-state index contributed by atoms with van der Waals surface area (Å²) >= 11 is 1.84. The van der Waals surface area contributed by atoms with E-state index >= 15 is 0 Å². The summed E-state index contributed by atoms with van der Waals surface area (Å²) in [5.41, 5.74) is 0.758. The Morgan fingerprint density at radius 3 is 2.53 bits per heavy atom. The topological polar surface area (TPSA) is 12.0 Å². The van der Waals surface area contributed by atoms with E-state index < -0.39 is 0 Å². The van der Waals surface area contributed by atoms with E-state index in [-0.39, 0.29) is 11.9 Å². The second kappa shape index (κ2) is 6.13. The van der Waals surface area contributed by atoms with Gasteiger partial charge in [0.1, 0.15) is 5.82 Å². The molecule has 1 aromatic carbocycles. The molecule has 0 fully saturated rings. The Morgan fingerprint density at radius 1 is 1.33 bits per heavy atom. The number of halogens is 1. The first-order chi connectivity index (χ1) is 7.15. The third-order valence-electron chi connectivity index (χ3n) is 2.23. The van der Waals surface area contributed by atoms with Crippen LogP contribution in [-0.2, 0) is 0 Å². The van der Waals surface area contributed by atoms with Crippen LogP contribution in [0, 0.1) is 5.82 Å². The van der Waals surface area contributed by atoms with Crippen molar-refractivity contribution in [1.82, 2.24) is 5.32 Å². The molecule has 1 rings (SSSR count). The van der Waals surface area contributed by atoms with Gasteiger partial charge in [-0.15, -0.1) is 0 Å². The van der Waals surface area contributed by atoms with Gasteiger partial charge in [0.15, 0.2) is 0 Å². The zero-order valence-electron chi connectivity index (χ0n) is 9.46. The molecule has 0 amide bonds. The number of nitrogens with one attached hydrogen (secondary N) is 1. The lowest BCUT2D eigenvalue weighted by Crippen LogP contribution is -2.20. The van der Waals surface area contributed by atoms with Crippen molar-refractivity contribution in [2.24, 2.45) is 0 Å². The van der Waals surface area contributed by atoms with Crippen LogP contribution in [-0.4, -0.2) is 18.1 Å². The van der Waals surface area contributed by atoms with E-state index in [0.29, 0.717) is 5.25 Å². The largest absolute Gasteiger partial charge is 0.312 e. The van der Waals surface area contributed by atoms with Crippen molar-refractivity contribution in [2.45, 2.75) is 25.1 Å². The van der Waals surface area contributed by atoms with Crippen LogP contribution in [0.2, 0.25) is 0 Å². The van der Waals surface area contributed by atoms with E-state index in [1.165, 1.54) is 6.07 Å². The smallest absolute Gasteiger partial charge is 0.128 e. The Labute approximate surface area is 95.5 Å². The van der Waals surface area contributed by atoms with E-state index in [4.69, 9.17) is 0 Å². The van der Waals surface area contributed by atoms with Crippen molar-refractivity contribution in [3.05, 3.63) is 35.6 Å². The monoisotopic (exact) mass is 227 g/mol. The minimum atomic E-state index is -0.124. The third kappa shape index (κ3) is 3.84. The van der Waals surface area contributed by atoms with Crippen LogP contribution in [0.15, 0.2) is 24.3 Å². The van der Waals surface area contributed by atoms with E-state index in [1.807, 2.05) is 30.9 Å². The maximum absolute atomic E-state index is 13.5. The standard InChI is InChI=1S/C12H18FNS/c1-9(2)15-8-12(14-3)10-6-4-5-7-11(10)13/h4-7,9,12,14H,8H2,1-3H3. The van der Waals surface area contributed by atoms with Gasteiger partial charge in [-0.3, -0.25) is 0 Å². The van der Waals surface area contributed by atoms with Gasteiger partial charge in [0.2, 0.25) is 0 Å². The number of thioether (sulfide) groups is 1. The molecule has 1 N–H and O–H groups in total. The molecule has 0 aliphatic rings. The molecule has 0 spiro atoms. The lowest BCUT2D eigenvalue weighted by molar-refractivity contribution is 0.565. The number of hydrogen-bond acceptors (Lipinski definition) is 2. The van der Waals surface area contributed by atoms with Crippen LogP contribution in [0.3, 0.4) is 0 Å². The van der Waals surface area contributed by atoms with Gasteiger partial charge in [-0.1, -0.05) is 32.0 Å². The molecule has 1 aromatic rings. The molecule has 0 aromatic heterocycles. The molecule has 0 heterocycles. The maximum atomic E-state index is 13.5. The number of hydrogen-bond donors (Lipinski definition) is 1. The van der Waals surface area contributed by atoms with E-state index in [0.717, 1.165) is 11.3 Å². The van der Waals surface area contributed by atoms with Crippen molar-refractivity contribution in [3.8, 4) is 0 Å². The fourth-order valence-corrected chi connectivity index (χ4v) is 2.30. The summed E-state index contributed by atoms with van der Waals surface area (Å²) in [6, 6.07) is 7.06. The fraction of sp³-hybridized carbons (Fsp3) is 0.500. The van der Waals surface area contributed by atoms with E-state index in [2.05, 4.69) is 19.2 Å². The summed E-state index contributed by atoms with van der Waals surface area (Å²) in [4.78, 5) is 0. The zero-order valence-corrected chi connectivity index (χ0v) is 10.3. The van der Waals surface area contributed by atoms with Crippen LogP contribution >= 0.6 is 11.8 Å². The molecule has 0 saturated heterocycles. The summed E-state index contributed by atoms with van der Waals surface area (Å²) in [6.45, 7) is 4.30. The number of rotatable bonds is 5. The lowest BCUT2D eigenvalue weighted by Gasteiger charge is -2.18. The van der Waals surface area contributed by atoms with Gasteiger partial charge in [-0.05, 0) is 18.4 Å². The van der Waals surface area contributed by atoms with Gasteiger partial charge in [-0.25, -0.2) is 4.39 Å². The predicted octanol–water partition coefficient (Wildman–Crippen LogP) is 3.23. The number of benzene rings is 1. The van der Waals surface area contributed by atoms with E-state index in [1.54, 1.807) is 6.07 Å². The molecule has 1 nitrogen and oxygen atoms in total. The van der Waals surface area contributed by atoms with Gasteiger partial charge in [0, 0.05) is 17.4 Å². The zero-order chi connectivity index (χ0) is 11.3. The van der Waals surface area contributed by atoms with Crippen molar-refractivity contribution >= 4 is 11.8 Å². The second-order valence-corrected chi connectivity index (χ2v) is 5.35. The summed E-state index contributed by atoms with van der Waals surface area (Å²) in [6.07, 6.45) is 0. The lowest BCUT2D eigenvalue weighted by atomic mass is 10.1. The van der Waals surface area contributed by atoms with Crippen LogP contribution in [0.4, 0.5) is 4.39 Å². The summed E-state index contributed by atoms with van der Waals surface area (Å²) < 4.78 is 13.5. The molecule has 1 atom stereocenters. The molecular weight excluding hydrogens is 209 g/mol. The van der Waals surface area contributed by atoms with Gasteiger partial charge in [-0.2, -0.15) is 11.8 Å². The molecule has 0 bridgehead atoms. The summed E-state index contributed by atoms with van der Waals surface area (Å²) in [5.74, 6) is 0.774. The Morgan fingerprint density at radius 2 is 2.00 bits per heavy atom.